The third-order valence-electron chi connectivity index (χ3n) is 5.19. The van der Waals surface area contributed by atoms with Crippen molar-refractivity contribution in [1.29, 1.82) is 0 Å². The van der Waals surface area contributed by atoms with Gasteiger partial charge >= 0.3 is 12.0 Å². The van der Waals surface area contributed by atoms with E-state index in [0.717, 1.165) is 23.1 Å². The number of amides is 2. The minimum Gasteiger partial charge on any atom is -0.496 e. The summed E-state index contributed by atoms with van der Waals surface area (Å²) in [7, 11) is -2.51. The number of nitrogens with zero attached hydrogens (tertiary/aromatic N) is 2. The summed E-state index contributed by atoms with van der Waals surface area (Å²) >= 11 is 0.917. The lowest BCUT2D eigenvalue weighted by Crippen LogP contribution is -2.21. The quantitative estimate of drug-likeness (QED) is 0.224. The van der Waals surface area contributed by atoms with Crippen LogP contribution in [-0.4, -0.2) is 53.4 Å². The van der Waals surface area contributed by atoms with E-state index >= 15 is 0 Å². The Bertz CT molecular complexity index is 1640. The van der Waals surface area contributed by atoms with Gasteiger partial charge in [-0.1, -0.05) is 23.8 Å². The number of aromatic amines is 1. The van der Waals surface area contributed by atoms with E-state index in [1.807, 2.05) is 6.92 Å². The molecule has 0 radical (unpaired) electrons. The number of carboxylic acid groups (broad SMARTS) is 1. The van der Waals surface area contributed by atoms with Crippen LogP contribution >= 0.6 is 11.3 Å². The van der Waals surface area contributed by atoms with E-state index in [1.54, 1.807) is 42.5 Å². The highest BCUT2D eigenvalue weighted by Crippen LogP contribution is 2.27. The van der Waals surface area contributed by atoms with E-state index in [4.69, 9.17) is 9.84 Å². The Balaban J connectivity index is 1.47. The fourth-order valence-electron chi connectivity index (χ4n) is 3.44. The number of methoxy groups -OCH3 is 1. The summed E-state index contributed by atoms with van der Waals surface area (Å²) in [5.74, 6) is -1.81. The van der Waals surface area contributed by atoms with Crippen molar-refractivity contribution in [2.24, 2.45) is 0 Å². The number of sulfone groups is 1. The number of carbonyl (C=O) groups excluding carboxylic acids is 2. The number of para-hydroxylation sites is 1. The number of urea groups is 1. The number of imidazole rings is 1. The molecule has 38 heavy (non-hydrogen) atoms. The van der Waals surface area contributed by atoms with Gasteiger partial charge in [-0.15, -0.1) is 11.3 Å². The normalized spacial score (nSPS) is 11.1. The smallest absolute Gasteiger partial charge is 0.356 e. The maximum absolute atomic E-state index is 13.3. The average molecular weight is 556 g/mol. The van der Waals surface area contributed by atoms with Crippen molar-refractivity contribution in [2.75, 3.05) is 17.7 Å². The summed E-state index contributed by atoms with van der Waals surface area (Å²) in [4.78, 5) is 47.2. The second-order valence-corrected chi connectivity index (χ2v) is 11.0. The van der Waals surface area contributed by atoms with Crippen LogP contribution in [0.15, 0.2) is 60.0 Å². The van der Waals surface area contributed by atoms with Gasteiger partial charge in [0.25, 0.3) is 0 Å². The Morgan fingerprint density at radius 3 is 2.58 bits per heavy atom. The standard InChI is InChI=1S/C24H21N5O7S2/c1-13-7-8-17(16(9-13)20(30)15-5-3-4-6-19(15)36-2)27-22(33)29-23-25-10-14(37-23)12-38(34,35)24-26-11-18(28-24)21(31)32/h3-11H,12H2,1-2H3,(H,26,28)(H,31,32)(H2,25,27,29,33). The van der Waals surface area contributed by atoms with E-state index in [9.17, 15) is 22.8 Å². The van der Waals surface area contributed by atoms with Gasteiger partial charge in [-0.3, -0.25) is 10.1 Å². The predicted molar refractivity (Wildman–Crippen MR) is 139 cm³/mol. The first-order valence-electron chi connectivity index (χ1n) is 10.9. The molecule has 0 aliphatic rings. The lowest BCUT2D eigenvalue weighted by Gasteiger charge is -2.13. The molecule has 14 heteroatoms. The highest BCUT2D eigenvalue weighted by Gasteiger charge is 2.23. The molecule has 0 spiro atoms. The largest absolute Gasteiger partial charge is 0.496 e. The number of rotatable bonds is 9. The molecule has 2 aromatic heterocycles. The molecule has 0 fully saturated rings. The molecule has 0 aliphatic heterocycles. The second kappa shape index (κ2) is 10.8. The summed E-state index contributed by atoms with van der Waals surface area (Å²) in [5.41, 5.74) is 1.24. The van der Waals surface area contributed by atoms with Crippen molar-refractivity contribution in [1.82, 2.24) is 15.0 Å². The minimum absolute atomic E-state index is 0.114. The number of anilines is 2. The predicted octanol–water partition coefficient (Wildman–Crippen LogP) is 3.73. The second-order valence-electron chi connectivity index (χ2n) is 7.94. The number of aromatic nitrogens is 3. The third kappa shape index (κ3) is 5.87. The van der Waals surface area contributed by atoms with E-state index in [2.05, 4.69) is 25.6 Å². The van der Waals surface area contributed by atoms with Gasteiger partial charge in [0, 0.05) is 22.8 Å². The molecule has 2 amide bonds. The molecule has 0 saturated heterocycles. The summed E-state index contributed by atoms with van der Waals surface area (Å²) < 4.78 is 30.4. The molecule has 2 aromatic carbocycles. The average Bonchev–Trinajstić information content (AvgIpc) is 3.55. The number of carboxylic acids is 1. The van der Waals surface area contributed by atoms with Gasteiger partial charge in [0.2, 0.25) is 15.0 Å². The number of aromatic carboxylic acids is 1. The van der Waals surface area contributed by atoms with Crippen LogP contribution in [0.2, 0.25) is 0 Å². The third-order valence-corrected chi connectivity index (χ3v) is 7.78. The van der Waals surface area contributed by atoms with Crippen LogP contribution in [-0.2, 0) is 15.6 Å². The van der Waals surface area contributed by atoms with Gasteiger partial charge in [-0.25, -0.2) is 28.0 Å². The van der Waals surface area contributed by atoms with Crippen LogP contribution in [0.3, 0.4) is 0 Å². The van der Waals surface area contributed by atoms with Crippen LogP contribution in [0.25, 0.3) is 0 Å². The lowest BCUT2D eigenvalue weighted by atomic mass is 9.99. The van der Waals surface area contributed by atoms with Gasteiger partial charge in [0.1, 0.15) is 5.75 Å². The lowest BCUT2D eigenvalue weighted by molar-refractivity contribution is 0.0690. The van der Waals surface area contributed by atoms with Gasteiger partial charge in [0.05, 0.1) is 24.1 Å². The number of ether oxygens (including phenoxy) is 1. The minimum atomic E-state index is -3.98. The van der Waals surface area contributed by atoms with Crippen molar-refractivity contribution < 1.29 is 32.6 Å². The number of benzene rings is 2. The van der Waals surface area contributed by atoms with Gasteiger partial charge in [-0.2, -0.15) is 0 Å². The van der Waals surface area contributed by atoms with Crippen molar-refractivity contribution in [2.45, 2.75) is 17.8 Å². The first kappa shape index (κ1) is 26.5. The molecule has 4 aromatic rings. The Morgan fingerprint density at radius 2 is 1.87 bits per heavy atom. The van der Waals surface area contributed by atoms with Crippen LogP contribution in [0.1, 0.15) is 36.9 Å². The Kier molecular flexibility index (Phi) is 7.55. The summed E-state index contributed by atoms with van der Waals surface area (Å²) in [5, 5.41) is 13.7. The molecule has 4 rings (SSSR count). The molecule has 0 atom stereocenters. The highest BCUT2D eigenvalue weighted by atomic mass is 32.2. The summed E-state index contributed by atoms with van der Waals surface area (Å²) in [6.45, 7) is 1.82. The fraction of sp³-hybridized carbons (Fsp3) is 0.125. The van der Waals surface area contributed by atoms with Crippen LogP contribution in [0.5, 0.6) is 5.75 Å². The Labute approximate surface area is 220 Å². The molecule has 0 bridgehead atoms. The number of ketones is 1. The zero-order valence-corrected chi connectivity index (χ0v) is 21.6. The zero-order chi connectivity index (χ0) is 27.4. The molecule has 2 heterocycles. The molecular formula is C24H21N5O7S2. The molecule has 0 unspecified atom stereocenters. The molecule has 12 nitrogen and oxygen atoms in total. The molecule has 196 valence electrons. The number of aryl methyl sites for hydroxylation is 1. The van der Waals surface area contributed by atoms with Crippen LogP contribution < -0.4 is 15.4 Å². The van der Waals surface area contributed by atoms with E-state index in [-0.39, 0.29) is 27.0 Å². The van der Waals surface area contributed by atoms with Gasteiger partial charge in [-0.05, 0) is 31.2 Å². The van der Waals surface area contributed by atoms with Crippen LogP contribution in [0.4, 0.5) is 15.6 Å². The van der Waals surface area contributed by atoms with E-state index < -0.39 is 38.4 Å². The number of hydrogen-bond acceptors (Lipinski definition) is 9. The molecule has 0 aliphatic carbocycles. The van der Waals surface area contributed by atoms with Crippen molar-refractivity contribution >= 4 is 49.8 Å². The first-order valence-corrected chi connectivity index (χ1v) is 13.4. The van der Waals surface area contributed by atoms with Crippen molar-refractivity contribution in [3.8, 4) is 5.75 Å². The number of H-pyrrole nitrogens is 1. The molecule has 4 N–H and O–H groups in total. The van der Waals surface area contributed by atoms with E-state index in [1.165, 1.54) is 13.3 Å². The van der Waals surface area contributed by atoms with Gasteiger partial charge < -0.3 is 20.1 Å². The number of nitrogens with one attached hydrogen (secondary N) is 3. The number of carbonyl (C=O) groups is 3. The van der Waals surface area contributed by atoms with Crippen LogP contribution in [0, 0.1) is 6.92 Å². The van der Waals surface area contributed by atoms with Gasteiger partial charge in [0.15, 0.2) is 16.6 Å². The van der Waals surface area contributed by atoms with E-state index in [0.29, 0.717) is 11.3 Å². The summed E-state index contributed by atoms with van der Waals surface area (Å²) in [6.07, 6.45) is 2.26. The topological polar surface area (TPSA) is 180 Å². The summed E-state index contributed by atoms with van der Waals surface area (Å²) in [6, 6.07) is 11.1. The number of thiazole rings is 1. The zero-order valence-electron chi connectivity index (χ0n) is 20.0. The first-order chi connectivity index (χ1) is 18.1. The fourth-order valence-corrected chi connectivity index (χ4v) is 5.81. The van der Waals surface area contributed by atoms with Crippen molar-refractivity contribution in [3.63, 3.8) is 0 Å². The SMILES string of the molecule is COc1ccccc1C(=O)c1cc(C)ccc1NC(=O)Nc1ncc(CS(=O)(=O)c2nc(C(=O)O)c[nH]2)s1. The monoisotopic (exact) mass is 555 g/mol. The maximum atomic E-state index is 13.3. The molecular weight excluding hydrogens is 534 g/mol. The number of hydrogen-bond donors (Lipinski definition) is 4. The Morgan fingerprint density at radius 1 is 1.11 bits per heavy atom. The van der Waals surface area contributed by atoms with Crippen molar-refractivity contribution in [3.05, 3.63) is 82.1 Å². The maximum Gasteiger partial charge on any atom is 0.356 e. The highest BCUT2D eigenvalue weighted by molar-refractivity contribution is 7.90. The Hall–Kier alpha value is -4.56. The molecule has 0 saturated carbocycles.